The highest BCUT2D eigenvalue weighted by Gasteiger charge is 2.52. The Kier molecular flexibility index (Phi) is 16.2. The van der Waals surface area contributed by atoms with Crippen molar-refractivity contribution in [3.63, 3.8) is 0 Å². The zero-order valence-electron chi connectivity index (χ0n) is 30.1. The van der Waals surface area contributed by atoms with Crippen molar-refractivity contribution in [1.29, 1.82) is 0 Å². The minimum absolute atomic E-state index is 0.287. The van der Waals surface area contributed by atoms with Crippen LogP contribution in [0.4, 0.5) is 87.8 Å². The minimum atomic E-state index is -7.22. The van der Waals surface area contributed by atoms with E-state index >= 15 is 35.1 Å². The molecule has 0 bridgehead atoms. The van der Waals surface area contributed by atoms with Crippen LogP contribution in [0.2, 0.25) is 15.8 Å². The van der Waals surface area contributed by atoms with Crippen molar-refractivity contribution in [2.24, 2.45) is 0 Å². The SMILES string of the molecule is CCC[CH2][Al]([CH2]CCC)[CH2]CCC.Fc1c(F)c(F)c([B-](c2c(F)c(F)c(F)c(F)c2F)(c2c(F)c(F)c(F)c(F)c2F)c2c(F)c(F)c(F)c(F)c2F)c(F)c1F. The first-order chi connectivity index (χ1) is 27.0. The van der Waals surface area contributed by atoms with Gasteiger partial charge in [0.25, 0.3) is 14.1 Å². The van der Waals surface area contributed by atoms with E-state index in [1.807, 2.05) is 0 Å². The number of unbranched alkanes of at least 4 members (excludes halogenated alkanes) is 3. The fourth-order valence-electron chi connectivity index (χ4n) is 6.79. The quantitative estimate of drug-likeness (QED) is 0.0543. The molecule has 0 aromatic heterocycles. The molecule has 0 N–H and O–H groups in total. The van der Waals surface area contributed by atoms with Crippen LogP contribution >= 0.6 is 0 Å². The zero-order valence-corrected chi connectivity index (χ0v) is 31.2. The molecule has 0 atom stereocenters. The van der Waals surface area contributed by atoms with E-state index in [1.165, 1.54) is 38.5 Å². The van der Waals surface area contributed by atoms with Gasteiger partial charge in [-0.25, -0.2) is 87.8 Å². The lowest BCUT2D eigenvalue weighted by Gasteiger charge is -2.44. The summed E-state index contributed by atoms with van der Waals surface area (Å²) in [5, 5.41) is 4.86. The molecular weight excluding hydrogens is 850 g/mol. The second-order valence-electron chi connectivity index (χ2n) is 13.1. The Morgan fingerprint density at radius 3 is 0.534 bits per heavy atom. The number of rotatable bonds is 13. The largest absolute Gasteiger partial charge is 0.261 e. The Balaban J connectivity index is 0.000000594. The highest BCUT2D eigenvalue weighted by Crippen LogP contribution is 2.31. The van der Waals surface area contributed by atoms with Gasteiger partial charge in [-0.15, -0.1) is 21.9 Å². The van der Waals surface area contributed by atoms with Crippen molar-refractivity contribution in [3.8, 4) is 0 Å². The number of hydrogen-bond acceptors (Lipinski definition) is 0. The molecule has 58 heavy (non-hydrogen) atoms. The van der Waals surface area contributed by atoms with E-state index in [0.29, 0.717) is 0 Å². The van der Waals surface area contributed by atoms with Crippen LogP contribution in [-0.2, 0) is 0 Å². The number of hydrogen-bond donors (Lipinski definition) is 0. The molecule has 318 valence electrons. The van der Waals surface area contributed by atoms with Crippen molar-refractivity contribution in [3.05, 3.63) is 116 Å². The minimum Gasteiger partial charge on any atom is -0.207 e. The summed E-state index contributed by atoms with van der Waals surface area (Å²) in [7, 11) is 0. The van der Waals surface area contributed by atoms with Crippen LogP contribution in [0.3, 0.4) is 0 Å². The summed E-state index contributed by atoms with van der Waals surface area (Å²) >= 11 is -0.287. The van der Waals surface area contributed by atoms with Crippen molar-refractivity contribution in [1.82, 2.24) is 0 Å². The predicted octanol–water partition coefficient (Wildman–Crippen LogP) is 10.7. The van der Waals surface area contributed by atoms with Gasteiger partial charge in [0, 0.05) is 0 Å². The second kappa shape index (κ2) is 19.4. The molecule has 0 aliphatic carbocycles. The van der Waals surface area contributed by atoms with Gasteiger partial charge in [-0.3, -0.25) is 0 Å². The summed E-state index contributed by atoms with van der Waals surface area (Å²) < 4.78 is 294. The molecule has 0 aliphatic heterocycles. The predicted molar refractivity (Wildman–Crippen MR) is 174 cm³/mol. The second-order valence-corrected chi connectivity index (χ2v) is 16.6. The average Bonchev–Trinajstić information content (AvgIpc) is 3.20. The third kappa shape index (κ3) is 8.28. The van der Waals surface area contributed by atoms with Gasteiger partial charge in [-0.1, -0.05) is 75.1 Å². The Morgan fingerprint density at radius 2 is 0.397 bits per heavy atom. The first kappa shape index (κ1) is 48.4. The first-order valence-corrected chi connectivity index (χ1v) is 19.7. The van der Waals surface area contributed by atoms with Crippen molar-refractivity contribution >= 4 is 42.1 Å². The van der Waals surface area contributed by atoms with Crippen LogP contribution in [0, 0.1) is 116 Å². The molecule has 4 aromatic carbocycles. The van der Waals surface area contributed by atoms with Gasteiger partial charge in [-0.2, -0.15) is 0 Å². The van der Waals surface area contributed by atoms with Crippen LogP contribution in [0.15, 0.2) is 0 Å². The van der Waals surface area contributed by atoms with Crippen LogP contribution in [0.1, 0.15) is 59.3 Å². The van der Waals surface area contributed by atoms with Crippen molar-refractivity contribution < 1.29 is 87.8 Å². The molecule has 0 unspecified atom stereocenters. The zero-order chi connectivity index (χ0) is 44.3. The molecule has 0 heterocycles. The maximum atomic E-state index is 15.4. The van der Waals surface area contributed by atoms with E-state index in [2.05, 4.69) is 20.8 Å². The van der Waals surface area contributed by atoms with Gasteiger partial charge in [-0.05, 0) is 0 Å². The molecular formula is C36H27AlBF20-. The maximum Gasteiger partial charge on any atom is 0.261 e. The van der Waals surface area contributed by atoms with Gasteiger partial charge in [0.1, 0.15) is 52.7 Å². The highest BCUT2D eigenvalue weighted by molar-refractivity contribution is 7.20. The molecule has 0 saturated heterocycles. The van der Waals surface area contributed by atoms with Crippen LogP contribution in [0.5, 0.6) is 0 Å². The number of halogens is 20. The maximum absolute atomic E-state index is 15.4. The molecule has 22 heteroatoms. The van der Waals surface area contributed by atoms with E-state index in [-0.39, 0.29) is 14.1 Å². The normalized spacial score (nSPS) is 11.6. The Labute approximate surface area is 321 Å². The van der Waals surface area contributed by atoms with E-state index in [1.54, 1.807) is 15.8 Å². The fourth-order valence-corrected chi connectivity index (χ4v) is 10.6. The Hall–Kier alpha value is -3.92. The standard InChI is InChI=1S/C24BF20.3C4H9.Al/c26-5-1(6(27)14(35)21(42)13(5)34)25(2-7(28)15(36)22(43)16(37)8(2)29,3-9(30)17(38)23(44)18(39)10(3)31)4-11(32)19(40)24(45)20(41)12(4)33;3*1-3-4-2;/h;3*1,3-4H2,2H3;/q-1;;;;. The highest BCUT2D eigenvalue weighted by atomic mass is 27.2. The summed E-state index contributed by atoms with van der Waals surface area (Å²) in [5.74, 6) is -71.4. The third-order valence-corrected chi connectivity index (χ3v) is 13.3. The van der Waals surface area contributed by atoms with Crippen LogP contribution in [0.25, 0.3) is 0 Å². The molecule has 0 spiro atoms. The fraction of sp³-hybridized carbons (Fsp3) is 0.333. The average molecular weight is 877 g/mol. The molecule has 0 nitrogen and oxygen atoms in total. The molecule has 4 rings (SSSR count). The lowest BCUT2D eigenvalue weighted by molar-refractivity contribution is 0.378. The first-order valence-electron chi connectivity index (χ1n) is 17.3. The molecule has 0 aliphatic rings. The summed E-state index contributed by atoms with van der Waals surface area (Å²) in [5.41, 5.74) is -14.3. The van der Waals surface area contributed by atoms with Crippen molar-refractivity contribution in [2.45, 2.75) is 75.1 Å². The Morgan fingerprint density at radius 1 is 0.259 bits per heavy atom. The monoisotopic (exact) mass is 877 g/mol. The summed E-state index contributed by atoms with van der Waals surface area (Å²) in [4.78, 5) is 0. The van der Waals surface area contributed by atoms with Crippen molar-refractivity contribution in [2.75, 3.05) is 0 Å². The van der Waals surface area contributed by atoms with Gasteiger partial charge in [0.2, 0.25) is 0 Å². The van der Waals surface area contributed by atoms with E-state index < -0.39 is 144 Å². The van der Waals surface area contributed by atoms with E-state index in [0.717, 1.165) is 0 Å². The lowest BCUT2D eigenvalue weighted by Crippen LogP contribution is -2.81. The van der Waals surface area contributed by atoms with Gasteiger partial charge >= 0.3 is 0 Å². The Bertz CT molecular complexity index is 1770. The van der Waals surface area contributed by atoms with Gasteiger partial charge < -0.3 is 0 Å². The summed E-state index contributed by atoms with van der Waals surface area (Å²) in [6.07, 6.45) is 1.51. The van der Waals surface area contributed by atoms with Gasteiger partial charge in [0.05, 0.1) is 0 Å². The topological polar surface area (TPSA) is 0 Å². The molecule has 0 amide bonds. The van der Waals surface area contributed by atoms with E-state index in [4.69, 9.17) is 0 Å². The molecule has 4 aromatic rings. The van der Waals surface area contributed by atoms with E-state index in [9.17, 15) is 52.7 Å². The third-order valence-electron chi connectivity index (χ3n) is 9.60. The molecule has 0 fully saturated rings. The number of benzene rings is 4. The molecule has 0 saturated carbocycles. The smallest absolute Gasteiger partial charge is 0.207 e. The van der Waals surface area contributed by atoms with Crippen LogP contribution in [-0.4, -0.2) is 20.3 Å². The molecule has 0 radical (unpaired) electrons. The van der Waals surface area contributed by atoms with Gasteiger partial charge in [0.15, 0.2) is 69.8 Å². The van der Waals surface area contributed by atoms with Crippen LogP contribution < -0.4 is 21.9 Å². The lowest BCUT2D eigenvalue weighted by atomic mass is 9.12. The summed E-state index contributed by atoms with van der Waals surface area (Å²) in [6, 6.07) is 0. The summed E-state index contributed by atoms with van der Waals surface area (Å²) in [6.45, 7) is 6.97.